The van der Waals surface area contributed by atoms with Gasteiger partial charge in [0.1, 0.15) is 4.88 Å². The Labute approximate surface area is 99.8 Å². The fourth-order valence-electron chi connectivity index (χ4n) is 1.55. The fraction of sp³-hybridized carbons (Fsp3) is 0.100. The van der Waals surface area contributed by atoms with Gasteiger partial charge in [0.15, 0.2) is 0 Å². The summed E-state index contributed by atoms with van der Waals surface area (Å²) >= 11 is 1.08. The van der Waals surface area contributed by atoms with E-state index in [1.165, 1.54) is 13.2 Å². The molecular weight excluding hydrogens is 244 g/mol. The second-order valence-electron chi connectivity index (χ2n) is 3.24. The number of nitrogens with zero attached hydrogens (tertiary/aromatic N) is 1. The first-order chi connectivity index (χ1) is 8.06. The van der Waals surface area contributed by atoms with E-state index in [1.54, 1.807) is 12.1 Å². The molecule has 88 valence electrons. The molecule has 0 saturated carbocycles. The van der Waals surface area contributed by atoms with Gasteiger partial charge in [0, 0.05) is 10.8 Å². The van der Waals surface area contributed by atoms with Crippen LogP contribution in [0.1, 0.15) is 9.67 Å². The van der Waals surface area contributed by atoms with Crippen LogP contribution in [0.25, 0.3) is 10.1 Å². The molecule has 2 N–H and O–H groups in total. The molecule has 0 amide bonds. The highest BCUT2D eigenvalue weighted by Crippen LogP contribution is 2.39. The summed E-state index contributed by atoms with van der Waals surface area (Å²) in [5.74, 6) is -0.585. The maximum atomic E-state index is 11.4. The average molecular weight is 252 g/mol. The first kappa shape index (κ1) is 11.3. The summed E-state index contributed by atoms with van der Waals surface area (Å²) < 4.78 is 5.16. The van der Waals surface area contributed by atoms with E-state index in [-0.39, 0.29) is 16.3 Å². The van der Waals surface area contributed by atoms with Crippen molar-refractivity contribution in [1.29, 1.82) is 0 Å². The number of benzene rings is 1. The van der Waals surface area contributed by atoms with Crippen LogP contribution in [-0.2, 0) is 4.74 Å². The summed E-state index contributed by atoms with van der Waals surface area (Å²) in [7, 11) is 1.24. The van der Waals surface area contributed by atoms with Gasteiger partial charge >= 0.3 is 5.97 Å². The number of nitro groups is 1. The highest BCUT2D eigenvalue weighted by atomic mass is 32.1. The molecule has 0 aliphatic carbocycles. The molecule has 17 heavy (non-hydrogen) atoms. The Morgan fingerprint density at radius 2 is 2.24 bits per heavy atom. The van der Waals surface area contributed by atoms with Crippen molar-refractivity contribution >= 4 is 38.8 Å². The molecule has 0 fully saturated rings. The Balaban J connectivity index is 2.79. The van der Waals surface area contributed by atoms with Crippen LogP contribution in [0, 0.1) is 10.1 Å². The maximum absolute atomic E-state index is 11.4. The van der Waals surface area contributed by atoms with Gasteiger partial charge in [-0.1, -0.05) is 6.07 Å². The normalized spacial score (nSPS) is 10.4. The van der Waals surface area contributed by atoms with Crippen LogP contribution in [0.4, 0.5) is 11.4 Å². The summed E-state index contributed by atoms with van der Waals surface area (Å²) in [5.41, 5.74) is 5.76. The minimum atomic E-state index is -0.585. The summed E-state index contributed by atoms with van der Waals surface area (Å²) in [6.07, 6.45) is 0. The zero-order chi connectivity index (χ0) is 12.6. The quantitative estimate of drug-likeness (QED) is 0.502. The van der Waals surface area contributed by atoms with Crippen molar-refractivity contribution in [3.63, 3.8) is 0 Å². The number of fused-ring (bicyclic) bond motifs is 1. The largest absolute Gasteiger partial charge is 0.465 e. The fourth-order valence-corrected chi connectivity index (χ4v) is 2.61. The van der Waals surface area contributed by atoms with E-state index >= 15 is 0 Å². The summed E-state index contributed by atoms with van der Waals surface area (Å²) in [5, 5.41) is 11.1. The number of methoxy groups -OCH3 is 1. The molecule has 1 aromatic carbocycles. The van der Waals surface area contributed by atoms with E-state index in [4.69, 9.17) is 5.73 Å². The summed E-state index contributed by atoms with van der Waals surface area (Å²) in [6.45, 7) is 0. The third-order valence-corrected chi connectivity index (χ3v) is 3.45. The number of hydrogen-bond donors (Lipinski definition) is 1. The monoisotopic (exact) mass is 252 g/mol. The number of nitrogens with two attached hydrogens (primary N) is 1. The molecule has 0 radical (unpaired) electrons. The molecule has 7 heteroatoms. The number of nitrogen functional groups attached to an aromatic ring is 1. The topological polar surface area (TPSA) is 95.5 Å². The van der Waals surface area contributed by atoms with Crippen molar-refractivity contribution in [2.24, 2.45) is 0 Å². The van der Waals surface area contributed by atoms with Crippen molar-refractivity contribution in [2.45, 2.75) is 0 Å². The summed E-state index contributed by atoms with van der Waals surface area (Å²) in [6, 6.07) is 4.58. The van der Waals surface area contributed by atoms with Crippen molar-refractivity contribution in [1.82, 2.24) is 0 Å². The standard InChI is InChI=1S/C10H8N2O4S/c1-16-10(13)9-8(11)7-5(12(14)15)3-2-4-6(7)17-9/h2-4H,11H2,1H3. The number of ether oxygens (including phenoxy) is 1. The number of thiophene rings is 1. The van der Waals surface area contributed by atoms with Crippen LogP contribution in [0.2, 0.25) is 0 Å². The van der Waals surface area contributed by atoms with E-state index in [1.807, 2.05) is 0 Å². The number of carbonyl (C=O) groups excluding carboxylic acids is 1. The van der Waals surface area contributed by atoms with Gasteiger partial charge in [0.05, 0.1) is 23.1 Å². The molecule has 2 aromatic rings. The molecule has 0 saturated heterocycles. The number of carbonyl (C=O) groups is 1. The number of rotatable bonds is 2. The molecule has 0 atom stereocenters. The SMILES string of the molecule is COC(=O)c1sc2cccc([N+](=O)[O-])c2c1N. The number of non-ortho nitro benzene ring substituents is 1. The molecule has 0 aliphatic heterocycles. The van der Waals surface area contributed by atoms with Gasteiger partial charge in [0.2, 0.25) is 0 Å². The van der Waals surface area contributed by atoms with Gasteiger partial charge in [-0.05, 0) is 6.07 Å². The Morgan fingerprint density at radius 3 is 2.82 bits per heavy atom. The first-order valence-electron chi connectivity index (χ1n) is 4.60. The van der Waals surface area contributed by atoms with Gasteiger partial charge in [-0.2, -0.15) is 0 Å². The molecule has 1 heterocycles. The third-order valence-electron chi connectivity index (χ3n) is 2.30. The lowest BCUT2D eigenvalue weighted by molar-refractivity contribution is -0.383. The first-order valence-corrected chi connectivity index (χ1v) is 5.41. The maximum Gasteiger partial charge on any atom is 0.350 e. The summed E-state index contributed by atoms with van der Waals surface area (Å²) in [4.78, 5) is 21.9. The van der Waals surface area contributed by atoms with Crippen LogP contribution < -0.4 is 5.73 Å². The van der Waals surface area contributed by atoms with Gasteiger partial charge in [-0.25, -0.2) is 4.79 Å². The van der Waals surface area contributed by atoms with E-state index < -0.39 is 10.9 Å². The lowest BCUT2D eigenvalue weighted by atomic mass is 10.2. The number of nitro benzene ring substituents is 1. The highest BCUT2D eigenvalue weighted by Gasteiger charge is 2.23. The molecule has 0 aliphatic rings. The van der Waals surface area contributed by atoms with Crippen LogP contribution in [-0.4, -0.2) is 18.0 Å². The molecule has 0 spiro atoms. The van der Waals surface area contributed by atoms with Crippen molar-refractivity contribution in [2.75, 3.05) is 12.8 Å². The number of anilines is 1. The zero-order valence-electron chi connectivity index (χ0n) is 8.80. The smallest absolute Gasteiger partial charge is 0.350 e. The van der Waals surface area contributed by atoms with Gasteiger partial charge in [0.25, 0.3) is 5.69 Å². The second kappa shape index (κ2) is 4.02. The van der Waals surface area contributed by atoms with E-state index in [2.05, 4.69) is 4.74 Å². The van der Waals surface area contributed by atoms with Gasteiger partial charge in [-0.15, -0.1) is 11.3 Å². The van der Waals surface area contributed by atoms with E-state index in [0.717, 1.165) is 11.3 Å². The molecule has 0 unspecified atom stereocenters. The Bertz CT molecular complexity index is 620. The van der Waals surface area contributed by atoms with E-state index in [9.17, 15) is 14.9 Å². The van der Waals surface area contributed by atoms with Crippen LogP contribution in [0.5, 0.6) is 0 Å². The zero-order valence-corrected chi connectivity index (χ0v) is 9.61. The predicted molar refractivity (Wildman–Crippen MR) is 64.2 cm³/mol. The minimum Gasteiger partial charge on any atom is -0.465 e. The Hall–Kier alpha value is -2.15. The lowest BCUT2D eigenvalue weighted by Gasteiger charge is -1.97. The minimum absolute atomic E-state index is 0.101. The third kappa shape index (κ3) is 1.70. The predicted octanol–water partition coefficient (Wildman–Crippen LogP) is 2.18. The Kier molecular flexibility index (Phi) is 2.68. The van der Waals surface area contributed by atoms with Crippen molar-refractivity contribution in [3.05, 3.63) is 33.2 Å². The second-order valence-corrected chi connectivity index (χ2v) is 4.30. The Morgan fingerprint density at radius 1 is 1.53 bits per heavy atom. The van der Waals surface area contributed by atoms with Crippen LogP contribution >= 0.6 is 11.3 Å². The molecular formula is C10H8N2O4S. The van der Waals surface area contributed by atoms with E-state index in [0.29, 0.717) is 10.1 Å². The molecule has 6 nitrogen and oxygen atoms in total. The average Bonchev–Trinajstić information content (AvgIpc) is 2.66. The van der Waals surface area contributed by atoms with Gasteiger partial charge in [-0.3, -0.25) is 10.1 Å². The molecule has 2 rings (SSSR count). The molecule has 0 bridgehead atoms. The van der Waals surface area contributed by atoms with Crippen molar-refractivity contribution in [3.8, 4) is 0 Å². The lowest BCUT2D eigenvalue weighted by Crippen LogP contribution is -2.01. The molecule has 1 aromatic heterocycles. The van der Waals surface area contributed by atoms with Gasteiger partial charge < -0.3 is 10.5 Å². The highest BCUT2D eigenvalue weighted by molar-refractivity contribution is 7.21. The number of hydrogen-bond acceptors (Lipinski definition) is 6. The van der Waals surface area contributed by atoms with Crippen molar-refractivity contribution < 1.29 is 14.5 Å². The van der Waals surface area contributed by atoms with Crippen LogP contribution in [0.15, 0.2) is 18.2 Å². The van der Waals surface area contributed by atoms with Crippen LogP contribution in [0.3, 0.4) is 0 Å². The number of esters is 1.